The first kappa shape index (κ1) is 21.5. The van der Waals surface area contributed by atoms with Crippen molar-refractivity contribution in [3.8, 4) is 5.69 Å². The summed E-state index contributed by atoms with van der Waals surface area (Å²) in [5.41, 5.74) is 7.37. The van der Waals surface area contributed by atoms with E-state index in [-0.39, 0.29) is 17.4 Å². The minimum Gasteiger partial charge on any atom is -0.293 e. The van der Waals surface area contributed by atoms with Gasteiger partial charge in [-0.1, -0.05) is 47.7 Å². The molecule has 2 aromatic heterocycles. The van der Waals surface area contributed by atoms with Gasteiger partial charge in [0.05, 0.1) is 11.4 Å². The van der Waals surface area contributed by atoms with Crippen molar-refractivity contribution in [1.29, 1.82) is 0 Å². The Morgan fingerprint density at radius 2 is 1.72 bits per heavy atom. The summed E-state index contributed by atoms with van der Waals surface area (Å²) in [6, 6.07) is 18.6. The average molecular weight is 447 g/mol. The lowest BCUT2D eigenvalue weighted by atomic mass is 10.2. The Balaban J connectivity index is 1.47. The Morgan fingerprint density at radius 1 is 1.00 bits per heavy atom. The Labute approximate surface area is 189 Å². The van der Waals surface area contributed by atoms with E-state index in [1.807, 2.05) is 51.1 Å². The molecule has 1 N–H and O–H groups in total. The third kappa shape index (κ3) is 4.47. The number of nitrogens with zero attached hydrogens (tertiary/aromatic N) is 5. The SMILES string of the molecule is Cc1ccc(-n2nnnc2SCC(=O)c2cc(C)n(NC(=O)c3ccccc3)c2C)cc1. The Morgan fingerprint density at radius 3 is 2.44 bits per heavy atom. The standard InChI is InChI=1S/C23H22N6O2S/c1-15-9-11-19(12-10-15)29-23(24-26-27-29)32-14-21(30)20-13-16(2)28(17(20)3)25-22(31)18-7-5-4-6-8-18/h4-13H,14H2,1-3H3,(H,25,31). The minimum atomic E-state index is -0.238. The zero-order chi connectivity index (χ0) is 22.7. The normalized spacial score (nSPS) is 10.8. The van der Waals surface area contributed by atoms with Crippen LogP contribution >= 0.6 is 11.8 Å². The first-order chi connectivity index (χ1) is 15.4. The van der Waals surface area contributed by atoms with Crippen LogP contribution in [0.15, 0.2) is 65.8 Å². The molecule has 0 saturated carbocycles. The summed E-state index contributed by atoms with van der Waals surface area (Å²) in [5, 5.41) is 12.4. The van der Waals surface area contributed by atoms with Crippen LogP contribution in [0.25, 0.3) is 5.69 Å². The van der Waals surface area contributed by atoms with Gasteiger partial charge in [0.25, 0.3) is 5.91 Å². The van der Waals surface area contributed by atoms with Gasteiger partial charge in [0, 0.05) is 22.5 Å². The molecule has 0 fully saturated rings. The van der Waals surface area contributed by atoms with Gasteiger partial charge in [0.2, 0.25) is 5.16 Å². The number of aryl methyl sites for hydroxylation is 2. The van der Waals surface area contributed by atoms with Gasteiger partial charge in [-0.2, -0.15) is 4.68 Å². The van der Waals surface area contributed by atoms with Crippen molar-refractivity contribution in [1.82, 2.24) is 24.9 Å². The predicted octanol–water partition coefficient (Wildman–Crippen LogP) is 3.75. The highest BCUT2D eigenvalue weighted by Gasteiger charge is 2.19. The molecule has 32 heavy (non-hydrogen) atoms. The number of hydrogen-bond donors (Lipinski definition) is 1. The second-order valence-electron chi connectivity index (χ2n) is 7.35. The van der Waals surface area contributed by atoms with E-state index in [1.165, 1.54) is 11.8 Å². The van der Waals surface area contributed by atoms with Crippen LogP contribution in [-0.2, 0) is 0 Å². The zero-order valence-electron chi connectivity index (χ0n) is 17.9. The lowest BCUT2D eigenvalue weighted by Crippen LogP contribution is -2.25. The van der Waals surface area contributed by atoms with Gasteiger partial charge in [0.1, 0.15) is 0 Å². The number of amides is 1. The number of benzene rings is 2. The number of carbonyl (C=O) groups excluding carboxylic acids is 2. The van der Waals surface area contributed by atoms with Crippen molar-refractivity contribution < 1.29 is 9.59 Å². The van der Waals surface area contributed by atoms with Crippen molar-refractivity contribution >= 4 is 23.5 Å². The van der Waals surface area contributed by atoms with Gasteiger partial charge < -0.3 is 0 Å². The second-order valence-corrected chi connectivity index (χ2v) is 8.29. The Kier molecular flexibility index (Phi) is 6.18. The van der Waals surface area contributed by atoms with E-state index in [1.54, 1.807) is 39.7 Å². The number of nitrogens with one attached hydrogen (secondary N) is 1. The third-order valence-corrected chi connectivity index (χ3v) is 5.95. The highest BCUT2D eigenvalue weighted by molar-refractivity contribution is 7.99. The number of rotatable bonds is 7. The molecular formula is C23H22N6O2S. The third-order valence-electron chi connectivity index (χ3n) is 5.03. The van der Waals surface area contributed by atoms with Gasteiger partial charge in [-0.3, -0.25) is 19.7 Å². The van der Waals surface area contributed by atoms with Gasteiger partial charge in [-0.15, -0.1) is 5.10 Å². The maximum atomic E-state index is 12.9. The van der Waals surface area contributed by atoms with Crippen LogP contribution in [-0.4, -0.2) is 42.3 Å². The number of Topliss-reactive ketones (excluding diaryl/α,β-unsaturated/α-hetero) is 1. The van der Waals surface area contributed by atoms with Crippen LogP contribution in [0.2, 0.25) is 0 Å². The van der Waals surface area contributed by atoms with Crippen LogP contribution in [0.5, 0.6) is 0 Å². The van der Waals surface area contributed by atoms with Crippen LogP contribution in [0.3, 0.4) is 0 Å². The average Bonchev–Trinajstić information content (AvgIpc) is 3.38. The summed E-state index contributed by atoms with van der Waals surface area (Å²) in [4.78, 5) is 25.5. The first-order valence-corrected chi connectivity index (χ1v) is 11.0. The summed E-state index contributed by atoms with van der Waals surface area (Å²) in [6.45, 7) is 5.67. The maximum absolute atomic E-state index is 12.9. The van der Waals surface area contributed by atoms with Crippen molar-refractivity contribution in [3.05, 3.63) is 88.7 Å². The molecule has 0 bridgehead atoms. The van der Waals surface area contributed by atoms with E-state index < -0.39 is 0 Å². The van der Waals surface area contributed by atoms with Crippen molar-refractivity contribution in [2.75, 3.05) is 11.2 Å². The smallest absolute Gasteiger partial charge is 0.270 e. The van der Waals surface area contributed by atoms with E-state index in [2.05, 4.69) is 21.0 Å². The minimum absolute atomic E-state index is 0.0678. The van der Waals surface area contributed by atoms with Gasteiger partial charge >= 0.3 is 0 Å². The molecule has 0 aliphatic carbocycles. The molecule has 162 valence electrons. The fourth-order valence-corrected chi connectivity index (χ4v) is 4.07. The highest BCUT2D eigenvalue weighted by Crippen LogP contribution is 2.22. The summed E-state index contributed by atoms with van der Waals surface area (Å²) >= 11 is 1.27. The van der Waals surface area contributed by atoms with E-state index >= 15 is 0 Å². The van der Waals surface area contributed by atoms with Crippen molar-refractivity contribution in [2.45, 2.75) is 25.9 Å². The molecule has 0 aliphatic heterocycles. The van der Waals surface area contributed by atoms with E-state index in [0.717, 1.165) is 16.9 Å². The number of ketones is 1. The number of tetrazole rings is 1. The molecular weight excluding hydrogens is 424 g/mol. The maximum Gasteiger partial charge on any atom is 0.270 e. The first-order valence-electron chi connectivity index (χ1n) is 10.0. The molecule has 0 radical (unpaired) electrons. The lowest BCUT2D eigenvalue weighted by Gasteiger charge is -2.11. The summed E-state index contributed by atoms with van der Waals surface area (Å²) in [5.74, 6) is -0.136. The van der Waals surface area contributed by atoms with Crippen molar-refractivity contribution in [3.63, 3.8) is 0 Å². The molecule has 8 nitrogen and oxygen atoms in total. The molecule has 4 rings (SSSR count). The molecule has 0 saturated heterocycles. The van der Waals surface area contributed by atoms with Crippen LogP contribution in [0.1, 0.15) is 37.7 Å². The molecule has 0 aliphatic rings. The monoisotopic (exact) mass is 446 g/mol. The molecule has 0 spiro atoms. The van der Waals surface area contributed by atoms with Crippen LogP contribution in [0, 0.1) is 20.8 Å². The quantitative estimate of drug-likeness (QED) is 0.343. The largest absolute Gasteiger partial charge is 0.293 e. The predicted molar refractivity (Wildman–Crippen MR) is 123 cm³/mol. The second kappa shape index (κ2) is 9.19. The number of thioether (sulfide) groups is 1. The fraction of sp³-hybridized carbons (Fsp3) is 0.174. The van der Waals surface area contributed by atoms with E-state index in [0.29, 0.717) is 22.0 Å². The molecule has 4 aromatic rings. The van der Waals surface area contributed by atoms with E-state index in [4.69, 9.17) is 0 Å². The van der Waals surface area contributed by atoms with Gasteiger partial charge in [0.15, 0.2) is 5.78 Å². The molecule has 0 atom stereocenters. The van der Waals surface area contributed by atoms with E-state index in [9.17, 15) is 9.59 Å². The number of carbonyl (C=O) groups is 2. The van der Waals surface area contributed by atoms with Crippen molar-refractivity contribution in [2.24, 2.45) is 0 Å². The summed E-state index contributed by atoms with van der Waals surface area (Å²) in [6.07, 6.45) is 0. The number of aromatic nitrogens is 5. The summed E-state index contributed by atoms with van der Waals surface area (Å²) in [7, 11) is 0. The molecule has 1 amide bonds. The fourth-order valence-electron chi connectivity index (χ4n) is 3.30. The Hall–Kier alpha value is -3.72. The summed E-state index contributed by atoms with van der Waals surface area (Å²) < 4.78 is 3.25. The zero-order valence-corrected chi connectivity index (χ0v) is 18.8. The molecule has 9 heteroatoms. The molecule has 2 heterocycles. The topological polar surface area (TPSA) is 94.7 Å². The molecule has 2 aromatic carbocycles. The molecule has 0 unspecified atom stereocenters. The van der Waals surface area contributed by atoms with Gasteiger partial charge in [-0.25, -0.2) is 0 Å². The Bertz CT molecular complexity index is 1260. The van der Waals surface area contributed by atoms with Crippen LogP contribution < -0.4 is 5.43 Å². The highest BCUT2D eigenvalue weighted by atomic mass is 32.2. The number of hydrogen-bond acceptors (Lipinski definition) is 6. The van der Waals surface area contributed by atoms with Gasteiger partial charge in [-0.05, 0) is 61.5 Å². The lowest BCUT2D eigenvalue weighted by molar-refractivity contribution is 0.0999. The van der Waals surface area contributed by atoms with Crippen LogP contribution in [0.4, 0.5) is 0 Å².